The smallest absolute Gasteiger partial charge is 0.162 e. The van der Waals surface area contributed by atoms with Crippen LogP contribution in [0, 0.1) is 0 Å². The Hall–Kier alpha value is -5.80. The van der Waals surface area contributed by atoms with Gasteiger partial charge in [0.15, 0.2) is 5.82 Å². The van der Waals surface area contributed by atoms with Crippen LogP contribution in [0.25, 0.3) is 82.6 Å². The quantitative estimate of drug-likeness (QED) is 0.206. The van der Waals surface area contributed by atoms with Gasteiger partial charge in [0, 0.05) is 22.2 Å². The van der Waals surface area contributed by atoms with E-state index in [1.165, 1.54) is 32.3 Å². The lowest BCUT2D eigenvalue weighted by Crippen LogP contribution is -1.99. The summed E-state index contributed by atoms with van der Waals surface area (Å²) in [5.74, 6) is 0.714. The third-order valence-electron chi connectivity index (χ3n) is 8.58. The lowest BCUT2D eigenvalue weighted by atomic mass is 9.92. The molecule has 9 rings (SSSR count). The predicted octanol–water partition coefficient (Wildman–Crippen LogP) is 10.4. The standard InChI is InChI=1S/C40H25N3/c1-3-13-26(14-4-1)39-41-38(37-34-21-11-12-22-36(34)43(40(37)42-39)28-15-5-2-6-16-28)27-23-24-33-31-19-8-7-17-29(31)30-18-9-10-20-32(30)35(33)25-27/h1-25H. The molecule has 0 amide bonds. The van der Waals surface area contributed by atoms with Gasteiger partial charge in [-0.25, -0.2) is 9.97 Å². The molecule has 3 nitrogen and oxygen atoms in total. The van der Waals surface area contributed by atoms with Crippen LogP contribution in [0.5, 0.6) is 0 Å². The van der Waals surface area contributed by atoms with E-state index in [1.807, 2.05) is 18.2 Å². The monoisotopic (exact) mass is 547 g/mol. The molecular formula is C40H25N3. The zero-order chi connectivity index (χ0) is 28.3. The number of benzene rings is 7. The molecule has 0 aliphatic heterocycles. The topological polar surface area (TPSA) is 30.7 Å². The van der Waals surface area contributed by atoms with Gasteiger partial charge in [-0.15, -0.1) is 0 Å². The molecule has 0 saturated heterocycles. The highest BCUT2D eigenvalue weighted by atomic mass is 15.1. The van der Waals surface area contributed by atoms with E-state index in [2.05, 4.69) is 138 Å². The maximum atomic E-state index is 5.32. The molecule has 0 radical (unpaired) electrons. The van der Waals surface area contributed by atoms with Crippen LogP contribution in [0.4, 0.5) is 0 Å². The number of nitrogens with zero attached hydrogens (tertiary/aromatic N) is 3. The van der Waals surface area contributed by atoms with Gasteiger partial charge < -0.3 is 0 Å². The Balaban J connectivity index is 1.44. The van der Waals surface area contributed by atoms with E-state index in [9.17, 15) is 0 Å². The second-order valence-corrected chi connectivity index (χ2v) is 11.0. The number of fused-ring (bicyclic) bond motifs is 9. The average molecular weight is 548 g/mol. The van der Waals surface area contributed by atoms with Crippen molar-refractivity contribution in [3.05, 3.63) is 152 Å². The molecule has 9 aromatic rings. The van der Waals surface area contributed by atoms with Crippen LogP contribution in [-0.4, -0.2) is 14.5 Å². The minimum atomic E-state index is 0.714. The van der Waals surface area contributed by atoms with Crippen LogP contribution in [-0.2, 0) is 0 Å². The van der Waals surface area contributed by atoms with Crippen LogP contribution < -0.4 is 0 Å². The van der Waals surface area contributed by atoms with Crippen molar-refractivity contribution in [1.29, 1.82) is 0 Å². The Kier molecular flexibility index (Phi) is 5.20. The van der Waals surface area contributed by atoms with E-state index >= 15 is 0 Å². The fraction of sp³-hybridized carbons (Fsp3) is 0. The van der Waals surface area contributed by atoms with Crippen LogP contribution >= 0.6 is 0 Å². The van der Waals surface area contributed by atoms with Gasteiger partial charge in [0.25, 0.3) is 0 Å². The van der Waals surface area contributed by atoms with E-state index < -0.39 is 0 Å². The van der Waals surface area contributed by atoms with Crippen molar-refractivity contribution >= 4 is 54.3 Å². The first kappa shape index (κ1) is 23.9. The summed E-state index contributed by atoms with van der Waals surface area (Å²) in [7, 11) is 0. The molecule has 0 spiro atoms. The van der Waals surface area contributed by atoms with Crippen molar-refractivity contribution in [2.75, 3.05) is 0 Å². The molecule has 2 aromatic heterocycles. The third kappa shape index (κ3) is 3.62. The summed E-state index contributed by atoms with van der Waals surface area (Å²) >= 11 is 0. The normalized spacial score (nSPS) is 11.7. The van der Waals surface area contributed by atoms with Crippen molar-refractivity contribution < 1.29 is 0 Å². The maximum absolute atomic E-state index is 5.32. The van der Waals surface area contributed by atoms with Crippen LogP contribution in [0.1, 0.15) is 0 Å². The van der Waals surface area contributed by atoms with E-state index in [1.54, 1.807) is 0 Å². The fourth-order valence-corrected chi connectivity index (χ4v) is 6.67. The Morgan fingerprint density at radius 2 is 0.930 bits per heavy atom. The molecule has 0 N–H and O–H groups in total. The minimum Gasteiger partial charge on any atom is -0.294 e. The molecule has 0 atom stereocenters. The number of hydrogen-bond acceptors (Lipinski definition) is 2. The predicted molar refractivity (Wildman–Crippen MR) is 180 cm³/mol. The SMILES string of the molecule is c1ccc(-c2nc(-c3ccc4c5ccccc5c5ccccc5c4c3)c3c4ccccc4n(-c4ccccc4)c3n2)cc1. The molecule has 43 heavy (non-hydrogen) atoms. The molecular weight excluding hydrogens is 522 g/mol. The van der Waals surface area contributed by atoms with E-state index in [0.29, 0.717) is 5.82 Å². The molecule has 0 aliphatic rings. The molecule has 200 valence electrons. The highest BCUT2D eigenvalue weighted by molar-refractivity contribution is 6.26. The summed E-state index contributed by atoms with van der Waals surface area (Å²) in [6, 6.07) is 53.6. The van der Waals surface area contributed by atoms with Gasteiger partial charge in [-0.1, -0.05) is 127 Å². The zero-order valence-electron chi connectivity index (χ0n) is 23.3. The van der Waals surface area contributed by atoms with Gasteiger partial charge in [0.05, 0.1) is 16.6 Å². The summed E-state index contributed by atoms with van der Waals surface area (Å²) < 4.78 is 2.27. The summed E-state index contributed by atoms with van der Waals surface area (Å²) in [6.07, 6.45) is 0. The summed E-state index contributed by atoms with van der Waals surface area (Å²) in [4.78, 5) is 10.6. The van der Waals surface area contributed by atoms with Crippen LogP contribution in [0.15, 0.2) is 152 Å². The first-order valence-electron chi connectivity index (χ1n) is 14.6. The highest BCUT2D eigenvalue weighted by Crippen LogP contribution is 2.41. The molecule has 0 bridgehead atoms. The van der Waals surface area contributed by atoms with E-state index in [0.717, 1.165) is 44.4 Å². The van der Waals surface area contributed by atoms with Crippen molar-refractivity contribution in [2.45, 2.75) is 0 Å². The van der Waals surface area contributed by atoms with E-state index in [4.69, 9.17) is 9.97 Å². The minimum absolute atomic E-state index is 0.714. The first-order chi connectivity index (χ1) is 21.3. The van der Waals surface area contributed by atoms with Crippen molar-refractivity contribution in [3.8, 4) is 28.3 Å². The summed E-state index contributed by atoms with van der Waals surface area (Å²) in [5, 5.41) is 9.73. The number of hydrogen-bond donors (Lipinski definition) is 0. The number of aromatic nitrogens is 3. The molecule has 3 heteroatoms. The van der Waals surface area contributed by atoms with Crippen molar-refractivity contribution in [3.63, 3.8) is 0 Å². The largest absolute Gasteiger partial charge is 0.294 e. The van der Waals surface area contributed by atoms with Gasteiger partial charge in [-0.2, -0.15) is 0 Å². The average Bonchev–Trinajstić information content (AvgIpc) is 3.43. The lowest BCUT2D eigenvalue weighted by Gasteiger charge is -2.13. The van der Waals surface area contributed by atoms with Crippen molar-refractivity contribution in [2.24, 2.45) is 0 Å². The summed E-state index contributed by atoms with van der Waals surface area (Å²) in [5.41, 5.74) is 6.10. The Bertz CT molecular complexity index is 2460. The van der Waals surface area contributed by atoms with Crippen LogP contribution in [0.3, 0.4) is 0 Å². The van der Waals surface area contributed by atoms with Gasteiger partial charge >= 0.3 is 0 Å². The second kappa shape index (κ2) is 9.37. The zero-order valence-corrected chi connectivity index (χ0v) is 23.3. The maximum Gasteiger partial charge on any atom is 0.162 e. The molecule has 0 aliphatic carbocycles. The molecule has 0 saturated carbocycles. The first-order valence-corrected chi connectivity index (χ1v) is 14.6. The van der Waals surface area contributed by atoms with Gasteiger partial charge in [-0.3, -0.25) is 4.57 Å². The number of rotatable bonds is 3. The molecule has 0 unspecified atom stereocenters. The number of para-hydroxylation sites is 2. The van der Waals surface area contributed by atoms with E-state index in [-0.39, 0.29) is 0 Å². The Labute approximate surface area is 248 Å². The second-order valence-electron chi connectivity index (χ2n) is 11.0. The highest BCUT2D eigenvalue weighted by Gasteiger charge is 2.21. The Morgan fingerprint density at radius 1 is 0.395 bits per heavy atom. The molecule has 7 aromatic carbocycles. The molecule has 2 heterocycles. The molecule has 0 fully saturated rings. The van der Waals surface area contributed by atoms with Crippen LogP contribution in [0.2, 0.25) is 0 Å². The Morgan fingerprint density at radius 3 is 1.60 bits per heavy atom. The summed E-state index contributed by atoms with van der Waals surface area (Å²) in [6.45, 7) is 0. The van der Waals surface area contributed by atoms with Crippen molar-refractivity contribution in [1.82, 2.24) is 14.5 Å². The lowest BCUT2D eigenvalue weighted by molar-refractivity contribution is 1.11. The fourth-order valence-electron chi connectivity index (χ4n) is 6.67. The van der Waals surface area contributed by atoms with Gasteiger partial charge in [0.1, 0.15) is 5.65 Å². The third-order valence-corrected chi connectivity index (χ3v) is 8.58. The van der Waals surface area contributed by atoms with Gasteiger partial charge in [-0.05, 0) is 56.6 Å². The van der Waals surface area contributed by atoms with Gasteiger partial charge in [0.2, 0.25) is 0 Å².